The third-order valence-electron chi connectivity index (χ3n) is 1.49. The summed E-state index contributed by atoms with van der Waals surface area (Å²) in [5.74, 6) is 0. The van der Waals surface area contributed by atoms with Gasteiger partial charge in [-0.2, -0.15) is 0 Å². The van der Waals surface area contributed by atoms with Gasteiger partial charge in [-0.3, -0.25) is 0 Å². The number of hydrogen-bond donors (Lipinski definition) is 0. The molecule has 0 amide bonds. The van der Waals surface area contributed by atoms with Crippen LogP contribution in [0.15, 0.2) is 12.3 Å². The van der Waals surface area contributed by atoms with Crippen molar-refractivity contribution in [2.75, 3.05) is 13.6 Å². The molecular weight excluding hydrogens is 98.1 g/mol. The van der Waals surface area contributed by atoms with Gasteiger partial charge in [0.05, 0.1) is 0 Å². The molecule has 0 aliphatic carbocycles. The topological polar surface area (TPSA) is 3.24 Å². The summed E-state index contributed by atoms with van der Waals surface area (Å²) in [6, 6.07) is 0. The van der Waals surface area contributed by atoms with Gasteiger partial charge < -0.3 is 4.90 Å². The first-order valence-corrected chi connectivity index (χ1v) is 3.26. The lowest BCUT2D eigenvalue weighted by atomic mass is 10.2. The predicted molar refractivity (Wildman–Crippen MR) is 35.6 cm³/mol. The zero-order valence-electron chi connectivity index (χ0n) is 5.43. The van der Waals surface area contributed by atoms with Crippen molar-refractivity contribution in [2.24, 2.45) is 0 Å². The highest BCUT2D eigenvalue weighted by Crippen LogP contribution is 2.03. The summed E-state index contributed by atoms with van der Waals surface area (Å²) in [5, 5.41) is 0. The van der Waals surface area contributed by atoms with Crippen molar-refractivity contribution in [1.29, 1.82) is 0 Å². The quantitative estimate of drug-likeness (QED) is 0.459. The Labute approximate surface area is 51.0 Å². The van der Waals surface area contributed by atoms with Crippen molar-refractivity contribution in [3.8, 4) is 0 Å². The summed E-state index contributed by atoms with van der Waals surface area (Å²) in [4.78, 5) is 2.24. The number of rotatable bonds is 0. The molecule has 0 bridgehead atoms. The molecule has 0 aromatic carbocycles. The fourth-order valence-corrected chi connectivity index (χ4v) is 0.952. The van der Waals surface area contributed by atoms with E-state index >= 15 is 0 Å². The van der Waals surface area contributed by atoms with Crippen LogP contribution in [0.25, 0.3) is 0 Å². The Morgan fingerprint density at radius 3 is 3.12 bits per heavy atom. The maximum atomic E-state index is 2.24. The molecule has 0 radical (unpaired) electrons. The number of hydrogen-bond acceptors (Lipinski definition) is 1. The summed E-state index contributed by atoms with van der Waals surface area (Å²) in [7, 11) is 2.13. The van der Waals surface area contributed by atoms with Crippen LogP contribution in [0.5, 0.6) is 0 Å². The minimum Gasteiger partial charge on any atom is -0.381 e. The Hall–Kier alpha value is -0.460. The van der Waals surface area contributed by atoms with Crippen LogP contribution in [-0.4, -0.2) is 18.5 Å². The third-order valence-corrected chi connectivity index (χ3v) is 1.49. The second kappa shape index (κ2) is 2.75. The molecule has 1 heteroatoms. The van der Waals surface area contributed by atoms with Gasteiger partial charge in [0.25, 0.3) is 0 Å². The van der Waals surface area contributed by atoms with Gasteiger partial charge in [0.2, 0.25) is 0 Å². The molecule has 1 heterocycles. The van der Waals surface area contributed by atoms with E-state index < -0.39 is 0 Å². The second-order valence-corrected chi connectivity index (χ2v) is 2.36. The highest BCUT2D eigenvalue weighted by molar-refractivity contribution is 4.83. The smallest absolute Gasteiger partial charge is 0.0169 e. The molecule has 0 aromatic heterocycles. The van der Waals surface area contributed by atoms with E-state index in [1.165, 1.54) is 25.8 Å². The van der Waals surface area contributed by atoms with Gasteiger partial charge >= 0.3 is 0 Å². The average Bonchev–Trinajstić information content (AvgIpc) is 1.94. The van der Waals surface area contributed by atoms with Crippen molar-refractivity contribution < 1.29 is 0 Å². The fourth-order valence-electron chi connectivity index (χ4n) is 0.952. The van der Waals surface area contributed by atoms with Crippen LogP contribution in [0.2, 0.25) is 0 Å². The van der Waals surface area contributed by atoms with Crippen LogP contribution >= 0.6 is 0 Å². The summed E-state index contributed by atoms with van der Waals surface area (Å²) < 4.78 is 0. The van der Waals surface area contributed by atoms with E-state index in [1.54, 1.807) is 0 Å². The molecule has 1 aliphatic rings. The van der Waals surface area contributed by atoms with Gasteiger partial charge in [-0.1, -0.05) is 6.08 Å². The van der Waals surface area contributed by atoms with Gasteiger partial charge in [0, 0.05) is 13.6 Å². The van der Waals surface area contributed by atoms with Crippen LogP contribution in [0.3, 0.4) is 0 Å². The van der Waals surface area contributed by atoms with Crippen LogP contribution in [0, 0.1) is 0 Å². The molecule has 0 N–H and O–H groups in total. The molecular formula is C7H13N. The van der Waals surface area contributed by atoms with Crippen LogP contribution in [0.1, 0.15) is 19.3 Å². The van der Waals surface area contributed by atoms with Gasteiger partial charge in [-0.25, -0.2) is 0 Å². The third kappa shape index (κ3) is 1.57. The van der Waals surface area contributed by atoms with Gasteiger partial charge in [0.1, 0.15) is 0 Å². The second-order valence-electron chi connectivity index (χ2n) is 2.36. The van der Waals surface area contributed by atoms with Gasteiger partial charge in [-0.15, -0.1) is 0 Å². The lowest BCUT2D eigenvalue weighted by molar-refractivity contribution is 0.450. The van der Waals surface area contributed by atoms with Crippen molar-refractivity contribution in [2.45, 2.75) is 19.3 Å². The van der Waals surface area contributed by atoms with Crippen molar-refractivity contribution in [3.63, 3.8) is 0 Å². The van der Waals surface area contributed by atoms with E-state index in [4.69, 9.17) is 0 Å². The monoisotopic (exact) mass is 111 g/mol. The molecule has 0 saturated heterocycles. The molecule has 0 aromatic rings. The molecule has 0 atom stereocenters. The minimum atomic E-state index is 1.23. The fraction of sp³-hybridized carbons (Fsp3) is 0.714. The van der Waals surface area contributed by atoms with Gasteiger partial charge in [0.15, 0.2) is 0 Å². The zero-order valence-corrected chi connectivity index (χ0v) is 5.43. The zero-order chi connectivity index (χ0) is 5.82. The molecule has 0 spiro atoms. The summed E-state index contributed by atoms with van der Waals surface area (Å²) >= 11 is 0. The Balaban J connectivity index is 2.33. The molecule has 1 aliphatic heterocycles. The molecule has 1 rings (SSSR count). The lowest BCUT2D eigenvalue weighted by Gasteiger charge is -2.09. The van der Waals surface area contributed by atoms with E-state index in [1.807, 2.05) is 0 Å². The van der Waals surface area contributed by atoms with E-state index in [0.717, 1.165) is 0 Å². The lowest BCUT2D eigenvalue weighted by Crippen LogP contribution is -2.09. The summed E-state index contributed by atoms with van der Waals surface area (Å²) in [6.07, 6.45) is 8.40. The van der Waals surface area contributed by atoms with Crippen LogP contribution in [0.4, 0.5) is 0 Å². The van der Waals surface area contributed by atoms with Crippen molar-refractivity contribution in [3.05, 3.63) is 12.3 Å². The van der Waals surface area contributed by atoms with Crippen molar-refractivity contribution >= 4 is 0 Å². The maximum Gasteiger partial charge on any atom is 0.0169 e. The molecule has 8 heavy (non-hydrogen) atoms. The molecule has 0 saturated carbocycles. The highest BCUT2D eigenvalue weighted by atomic mass is 15.1. The average molecular weight is 111 g/mol. The first kappa shape index (κ1) is 5.67. The summed E-state index contributed by atoms with van der Waals surface area (Å²) in [5.41, 5.74) is 0. The van der Waals surface area contributed by atoms with Crippen molar-refractivity contribution in [1.82, 2.24) is 4.90 Å². The van der Waals surface area contributed by atoms with E-state index in [-0.39, 0.29) is 0 Å². The highest BCUT2D eigenvalue weighted by Gasteiger charge is 1.94. The summed E-state index contributed by atoms with van der Waals surface area (Å²) in [6.45, 7) is 1.23. The SMILES string of the molecule is CN1C=CCCCC1. The Kier molecular flexibility index (Phi) is 1.95. The number of allylic oxidation sites excluding steroid dienone is 1. The van der Waals surface area contributed by atoms with Crippen LogP contribution < -0.4 is 0 Å². The van der Waals surface area contributed by atoms with E-state index in [2.05, 4.69) is 24.2 Å². The normalized spacial score (nSPS) is 20.9. The molecule has 0 fully saturated rings. The largest absolute Gasteiger partial charge is 0.381 e. The molecule has 0 unspecified atom stereocenters. The molecule has 46 valence electrons. The number of nitrogens with zero attached hydrogens (tertiary/aromatic N) is 1. The Morgan fingerprint density at radius 1 is 1.38 bits per heavy atom. The van der Waals surface area contributed by atoms with Gasteiger partial charge in [-0.05, 0) is 25.5 Å². The van der Waals surface area contributed by atoms with E-state index in [0.29, 0.717) is 0 Å². The van der Waals surface area contributed by atoms with Crippen LogP contribution in [-0.2, 0) is 0 Å². The Morgan fingerprint density at radius 2 is 2.25 bits per heavy atom. The molecule has 1 nitrogen and oxygen atoms in total. The first-order chi connectivity index (χ1) is 3.89. The minimum absolute atomic E-state index is 1.23. The maximum absolute atomic E-state index is 2.24. The van der Waals surface area contributed by atoms with E-state index in [9.17, 15) is 0 Å². The predicted octanol–water partition coefficient (Wildman–Crippen LogP) is 1.62. The first-order valence-electron chi connectivity index (χ1n) is 3.26. The standard InChI is InChI=1S/C7H13N/c1-8-6-4-2-3-5-7-8/h4,6H,2-3,5,7H2,1H3. The Bertz CT molecular complexity index is 86.4.